The molecular formula is C17H12ClF3N2O. The van der Waals surface area contributed by atoms with Crippen LogP contribution >= 0.6 is 11.6 Å². The van der Waals surface area contributed by atoms with E-state index in [0.29, 0.717) is 23.6 Å². The number of alkyl halides is 4. The maximum absolute atomic E-state index is 13.0. The quantitative estimate of drug-likeness (QED) is 0.757. The number of halogens is 4. The van der Waals surface area contributed by atoms with Crippen molar-refractivity contribution in [2.75, 3.05) is 10.8 Å². The number of amides is 1. The van der Waals surface area contributed by atoms with Crippen molar-refractivity contribution in [2.45, 2.75) is 12.7 Å². The molecular weight excluding hydrogens is 341 g/mol. The van der Waals surface area contributed by atoms with E-state index in [1.54, 1.807) is 23.1 Å². The molecule has 0 radical (unpaired) electrons. The fourth-order valence-corrected chi connectivity index (χ4v) is 2.66. The van der Waals surface area contributed by atoms with Crippen LogP contribution < -0.4 is 4.90 Å². The number of rotatable bonds is 2. The zero-order valence-electron chi connectivity index (χ0n) is 12.3. The summed E-state index contributed by atoms with van der Waals surface area (Å²) in [5, 5.41) is 0. The summed E-state index contributed by atoms with van der Waals surface area (Å²) >= 11 is 5.51. The largest absolute Gasteiger partial charge is 0.416 e. The molecule has 2 aromatic carbocycles. The summed E-state index contributed by atoms with van der Waals surface area (Å²) in [5.74, 6) is -0.516. The second-order valence-electron chi connectivity index (χ2n) is 5.25. The van der Waals surface area contributed by atoms with Gasteiger partial charge in [-0.2, -0.15) is 18.2 Å². The van der Waals surface area contributed by atoms with Gasteiger partial charge in [-0.1, -0.05) is 30.3 Å². The van der Waals surface area contributed by atoms with Crippen LogP contribution in [-0.2, 0) is 17.5 Å². The van der Waals surface area contributed by atoms with Crippen molar-refractivity contribution in [3.05, 3.63) is 65.2 Å². The first-order valence-corrected chi connectivity index (χ1v) is 7.64. The number of amidine groups is 1. The third-order valence-corrected chi connectivity index (χ3v) is 3.90. The topological polar surface area (TPSA) is 32.7 Å². The van der Waals surface area contributed by atoms with Crippen molar-refractivity contribution in [3.8, 4) is 0 Å². The molecule has 0 aliphatic carbocycles. The van der Waals surface area contributed by atoms with Gasteiger partial charge in [-0.15, -0.1) is 11.6 Å². The van der Waals surface area contributed by atoms with Gasteiger partial charge in [0.2, 0.25) is 0 Å². The first kappa shape index (κ1) is 16.5. The van der Waals surface area contributed by atoms with Gasteiger partial charge in [0.15, 0.2) is 0 Å². The van der Waals surface area contributed by atoms with Crippen LogP contribution in [0.3, 0.4) is 0 Å². The van der Waals surface area contributed by atoms with Gasteiger partial charge >= 0.3 is 6.18 Å². The minimum Gasteiger partial charge on any atom is -0.321 e. The van der Waals surface area contributed by atoms with Gasteiger partial charge in [0.1, 0.15) is 11.7 Å². The van der Waals surface area contributed by atoms with Gasteiger partial charge < -0.3 is 4.90 Å². The highest BCUT2D eigenvalue weighted by Gasteiger charge is 2.32. The van der Waals surface area contributed by atoms with Crippen molar-refractivity contribution in [2.24, 2.45) is 4.99 Å². The number of hydrogen-bond acceptors (Lipinski definition) is 1. The Morgan fingerprint density at radius 1 is 1.17 bits per heavy atom. The van der Waals surface area contributed by atoms with E-state index in [4.69, 9.17) is 11.6 Å². The first-order chi connectivity index (χ1) is 11.4. The molecule has 3 nitrogen and oxygen atoms in total. The van der Waals surface area contributed by atoms with Crippen LogP contribution in [0.4, 0.5) is 18.9 Å². The van der Waals surface area contributed by atoms with Crippen molar-refractivity contribution in [1.82, 2.24) is 0 Å². The molecule has 24 heavy (non-hydrogen) atoms. The number of benzene rings is 2. The summed E-state index contributed by atoms with van der Waals surface area (Å²) in [6, 6.07) is 12.2. The maximum Gasteiger partial charge on any atom is 0.416 e. The number of hydrogen-bond donors (Lipinski definition) is 0. The Labute approximate surface area is 141 Å². The molecule has 0 bridgehead atoms. The molecule has 1 amide bonds. The van der Waals surface area contributed by atoms with E-state index in [1.165, 1.54) is 6.07 Å². The van der Waals surface area contributed by atoms with Crippen LogP contribution in [0.25, 0.3) is 0 Å². The average Bonchev–Trinajstić information content (AvgIpc) is 2.93. The van der Waals surface area contributed by atoms with E-state index in [2.05, 4.69) is 4.99 Å². The normalized spacial score (nSPS) is 15.7. The molecule has 124 valence electrons. The fourth-order valence-electron chi connectivity index (χ4n) is 2.60. The number of anilines is 1. The summed E-state index contributed by atoms with van der Waals surface area (Å²) in [6.07, 6.45) is -4.44. The number of aliphatic imine (C=N–C) groups is 1. The Bertz CT molecular complexity index is 817. The molecule has 0 aromatic heterocycles. The van der Waals surface area contributed by atoms with E-state index in [9.17, 15) is 18.0 Å². The van der Waals surface area contributed by atoms with E-state index in [1.807, 2.05) is 12.1 Å². The van der Waals surface area contributed by atoms with Gasteiger partial charge in [-0.3, -0.25) is 4.79 Å². The molecule has 0 spiro atoms. The highest BCUT2D eigenvalue weighted by molar-refractivity contribution is 6.29. The fraction of sp³-hybridized carbons (Fsp3) is 0.176. The summed E-state index contributed by atoms with van der Waals surface area (Å²) < 4.78 is 38.9. The molecule has 0 fully saturated rings. The SMILES string of the molecule is O=C(CCl)N=C1c2ccccc2CN1c1cccc(C(F)(F)F)c1. The van der Waals surface area contributed by atoms with Crippen LogP contribution in [0.5, 0.6) is 0 Å². The van der Waals surface area contributed by atoms with E-state index in [0.717, 1.165) is 17.7 Å². The van der Waals surface area contributed by atoms with Crippen molar-refractivity contribution < 1.29 is 18.0 Å². The van der Waals surface area contributed by atoms with Crippen LogP contribution in [0, 0.1) is 0 Å². The minimum atomic E-state index is -4.44. The number of fused-ring (bicyclic) bond motifs is 1. The Morgan fingerprint density at radius 2 is 1.92 bits per heavy atom. The van der Waals surface area contributed by atoms with Crippen molar-refractivity contribution >= 4 is 29.0 Å². The highest BCUT2D eigenvalue weighted by Crippen LogP contribution is 2.34. The van der Waals surface area contributed by atoms with Crippen molar-refractivity contribution in [1.29, 1.82) is 0 Å². The maximum atomic E-state index is 13.0. The van der Waals surface area contributed by atoms with E-state index < -0.39 is 17.6 Å². The molecule has 0 saturated heterocycles. The van der Waals surface area contributed by atoms with Gasteiger partial charge in [-0.05, 0) is 23.8 Å². The second-order valence-corrected chi connectivity index (χ2v) is 5.52. The molecule has 0 unspecified atom stereocenters. The molecule has 0 saturated carbocycles. The van der Waals surface area contributed by atoms with Gasteiger partial charge in [-0.25, -0.2) is 0 Å². The Morgan fingerprint density at radius 3 is 2.62 bits per heavy atom. The Hall–Kier alpha value is -2.34. The lowest BCUT2D eigenvalue weighted by molar-refractivity contribution is -0.137. The zero-order valence-corrected chi connectivity index (χ0v) is 13.1. The van der Waals surface area contributed by atoms with Crippen LogP contribution in [0.1, 0.15) is 16.7 Å². The Balaban J connectivity index is 2.08. The summed E-state index contributed by atoms with van der Waals surface area (Å²) in [4.78, 5) is 17.2. The molecule has 3 rings (SSSR count). The molecule has 1 aliphatic rings. The molecule has 1 heterocycles. The summed E-state index contributed by atoms with van der Waals surface area (Å²) in [6.45, 7) is 0.339. The van der Waals surface area contributed by atoms with Crippen LogP contribution in [0.15, 0.2) is 53.5 Å². The molecule has 2 aromatic rings. The number of carbonyl (C=O) groups is 1. The lowest BCUT2D eigenvalue weighted by Crippen LogP contribution is -2.26. The molecule has 0 atom stereocenters. The predicted molar refractivity (Wildman–Crippen MR) is 86.3 cm³/mol. The van der Waals surface area contributed by atoms with Gasteiger partial charge in [0.25, 0.3) is 5.91 Å². The van der Waals surface area contributed by atoms with Crippen LogP contribution in [0.2, 0.25) is 0 Å². The Kier molecular flexibility index (Phi) is 4.32. The standard InChI is InChI=1S/C17H12ClF3N2O/c18-9-15(24)22-16-14-7-2-1-4-11(14)10-23(16)13-6-3-5-12(8-13)17(19,20)21/h1-8H,9-10H2. The molecule has 0 N–H and O–H groups in total. The van der Waals surface area contributed by atoms with E-state index >= 15 is 0 Å². The molecule has 1 aliphatic heterocycles. The summed E-state index contributed by atoms with van der Waals surface area (Å²) in [5.41, 5.74) is 1.17. The lowest BCUT2D eigenvalue weighted by atomic mass is 10.1. The lowest BCUT2D eigenvalue weighted by Gasteiger charge is -2.20. The van der Waals surface area contributed by atoms with Gasteiger partial charge in [0, 0.05) is 11.3 Å². The monoisotopic (exact) mass is 352 g/mol. The third kappa shape index (κ3) is 3.14. The third-order valence-electron chi connectivity index (χ3n) is 3.67. The van der Waals surface area contributed by atoms with Crippen molar-refractivity contribution in [3.63, 3.8) is 0 Å². The predicted octanol–water partition coefficient (Wildman–Crippen LogP) is 4.24. The number of nitrogens with zero attached hydrogens (tertiary/aromatic N) is 2. The number of carbonyl (C=O) groups excluding carboxylic acids is 1. The second kappa shape index (κ2) is 6.28. The summed E-state index contributed by atoms with van der Waals surface area (Å²) in [7, 11) is 0. The molecule has 7 heteroatoms. The zero-order chi connectivity index (χ0) is 17.3. The highest BCUT2D eigenvalue weighted by atomic mass is 35.5. The minimum absolute atomic E-state index is 0.290. The first-order valence-electron chi connectivity index (χ1n) is 7.10. The average molecular weight is 353 g/mol. The van der Waals surface area contributed by atoms with E-state index in [-0.39, 0.29) is 5.88 Å². The smallest absolute Gasteiger partial charge is 0.321 e. The van der Waals surface area contributed by atoms with Gasteiger partial charge in [0.05, 0.1) is 12.1 Å². The van der Waals surface area contributed by atoms with Crippen LogP contribution in [-0.4, -0.2) is 17.6 Å².